The molecule has 2 aliphatic heterocycles. The minimum atomic E-state index is -0.559. The summed E-state index contributed by atoms with van der Waals surface area (Å²) < 4.78 is 5.08. The van der Waals surface area contributed by atoms with Crippen LogP contribution in [-0.4, -0.2) is 66.7 Å². The molecule has 1 aromatic carbocycles. The number of ether oxygens (including phenoxy) is 1. The monoisotopic (exact) mass is 436 g/mol. The van der Waals surface area contributed by atoms with Crippen molar-refractivity contribution in [2.24, 2.45) is 0 Å². The number of amides is 2. The zero-order valence-corrected chi connectivity index (χ0v) is 18.4. The van der Waals surface area contributed by atoms with E-state index in [1.165, 1.54) is 12.7 Å². The van der Waals surface area contributed by atoms with E-state index >= 15 is 0 Å². The second kappa shape index (κ2) is 9.78. The number of benzene rings is 1. The van der Waals surface area contributed by atoms with Gasteiger partial charge in [0.15, 0.2) is 0 Å². The lowest BCUT2D eigenvalue weighted by molar-refractivity contribution is -0.136. The molecule has 0 bridgehead atoms. The number of methoxy groups -OCH3 is 1. The fourth-order valence-corrected chi connectivity index (χ4v) is 4.07. The summed E-state index contributed by atoms with van der Waals surface area (Å²) in [5.41, 5.74) is 3.05. The number of hydrogen-bond acceptors (Lipinski definition) is 7. The molecule has 2 N–H and O–H groups in total. The summed E-state index contributed by atoms with van der Waals surface area (Å²) in [6.07, 6.45) is 4.39. The molecule has 9 heteroatoms. The molecule has 0 radical (unpaired) electrons. The average molecular weight is 437 g/mol. The zero-order valence-electron chi connectivity index (χ0n) is 18.4. The van der Waals surface area contributed by atoms with Crippen LogP contribution in [0, 0.1) is 0 Å². The summed E-state index contributed by atoms with van der Waals surface area (Å²) in [5.74, 6) is 0.265. The van der Waals surface area contributed by atoms with Gasteiger partial charge in [0.1, 0.15) is 0 Å². The third-order valence-electron chi connectivity index (χ3n) is 5.87. The van der Waals surface area contributed by atoms with Crippen LogP contribution in [0.15, 0.2) is 54.0 Å². The standard InChI is InChI=1S/C23H28N6O3/c1-3-16-5-7-17(8-6-16)20-19(21(30)32-2)18(26-23(31)27-20)15-28-11-13-29(14-12-28)22-24-9-4-10-25-22/h4-10,20H,3,11-15H2,1-2H3,(H2,26,27,31)/t20-/m0/s1. The Balaban J connectivity index is 1.54. The first-order chi connectivity index (χ1) is 15.6. The van der Waals surface area contributed by atoms with Crippen LogP contribution in [0.5, 0.6) is 0 Å². The second-order valence-electron chi connectivity index (χ2n) is 7.82. The van der Waals surface area contributed by atoms with Gasteiger partial charge in [-0.05, 0) is 23.6 Å². The number of esters is 1. The minimum Gasteiger partial charge on any atom is -0.466 e. The van der Waals surface area contributed by atoms with Crippen LogP contribution in [0.2, 0.25) is 0 Å². The fraction of sp³-hybridized carbons (Fsp3) is 0.391. The largest absolute Gasteiger partial charge is 0.466 e. The number of anilines is 1. The molecular weight excluding hydrogens is 408 g/mol. The van der Waals surface area contributed by atoms with Crippen LogP contribution in [0.3, 0.4) is 0 Å². The lowest BCUT2D eigenvalue weighted by Gasteiger charge is -2.37. The van der Waals surface area contributed by atoms with Crippen molar-refractivity contribution in [2.75, 3.05) is 44.7 Å². The van der Waals surface area contributed by atoms with Crippen LogP contribution in [0.4, 0.5) is 10.7 Å². The summed E-state index contributed by atoms with van der Waals surface area (Å²) in [5, 5.41) is 5.72. The zero-order chi connectivity index (χ0) is 22.5. The van der Waals surface area contributed by atoms with Gasteiger partial charge in [0, 0.05) is 50.8 Å². The van der Waals surface area contributed by atoms with Crippen molar-refractivity contribution in [2.45, 2.75) is 19.4 Å². The van der Waals surface area contributed by atoms with Crippen LogP contribution >= 0.6 is 0 Å². The van der Waals surface area contributed by atoms with E-state index in [0.717, 1.165) is 38.2 Å². The maximum absolute atomic E-state index is 12.8. The molecule has 1 aromatic heterocycles. The van der Waals surface area contributed by atoms with Crippen LogP contribution in [-0.2, 0) is 16.0 Å². The van der Waals surface area contributed by atoms with E-state index in [0.29, 0.717) is 23.8 Å². The van der Waals surface area contributed by atoms with Gasteiger partial charge in [-0.15, -0.1) is 0 Å². The number of nitrogens with zero attached hydrogens (tertiary/aromatic N) is 4. The van der Waals surface area contributed by atoms with E-state index in [1.807, 2.05) is 24.3 Å². The van der Waals surface area contributed by atoms with E-state index in [9.17, 15) is 9.59 Å². The van der Waals surface area contributed by atoms with E-state index in [1.54, 1.807) is 18.5 Å². The summed E-state index contributed by atoms with van der Waals surface area (Å²) >= 11 is 0. The molecule has 0 saturated carbocycles. The van der Waals surface area contributed by atoms with E-state index < -0.39 is 12.0 Å². The molecule has 2 aliphatic rings. The number of nitrogens with one attached hydrogen (secondary N) is 2. The SMILES string of the molecule is CCc1ccc([C@@H]2NC(=O)NC(CN3CCN(c4ncccn4)CC3)=C2C(=O)OC)cc1. The van der Waals surface area contributed by atoms with Crippen LogP contribution in [0.1, 0.15) is 24.1 Å². The second-order valence-corrected chi connectivity index (χ2v) is 7.82. The summed E-state index contributed by atoms with van der Waals surface area (Å²) in [7, 11) is 1.36. The van der Waals surface area contributed by atoms with Gasteiger partial charge in [-0.2, -0.15) is 0 Å². The summed E-state index contributed by atoms with van der Waals surface area (Å²) in [6.45, 7) is 5.58. The predicted octanol–water partition coefficient (Wildman–Crippen LogP) is 1.64. The smallest absolute Gasteiger partial charge is 0.338 e. The Bertz CT molecular complexity index is 985. The van der Waals surface area contributed by atoms with Crippen molar-refractivity contribution < 1.29 is 14.3 Å². The Labute approximate surface area is 187 Å². The normalized spacial score (nSPS) is 19.4. The molecule has 1 saturated heterocycles. The van der Waals surface area contributed by atoms with Gasteiger partial charge in [0.25, 0.3) is 0 Å². The molecule has 32 heavy (non-hydrogen) atoms. The lowest BCUT2D eigenvalue weighted by Crippen LogP contribution is -2.52. The van der Waals surface area contributed by atoms with Gasteiger partial charge >= 0.3 is 12.0 Å². The summed E-state index contributed by atoms with van der Waals surface area (Å²) in [6, 6.07) is 8.85. The number of piperazine rings is 1. The number of urea groups is 1. The maximum atomic E-state index is 12.8. The first kappa shape index (κ1) is 21.8. The highest BCUT2D eigenvalue weighted by atomic mass is 16.5. The number of carbonyl (C=O) groups excluding carboxylic acids is 2. The van der Waals surface area contributed by atoms with E-state index in [-0.39, 0.29) is 6.03 Å². The molecule has 0 spiro atoms. The summed E-state index contributed by atoms with van der Waals surface area (Å²) in [4.78, 5) is 38.2. The molecule has 2 aromatic rings. The quantitative estimate of drug-likeness (QED) is 0.664. The highest BCUT2D eigenvalue weighted by Crippen LogP contribution is 2.28. The van der Waals surface area contributed by atoms with Gasteiger partial charge in [0.2, 0.25) is 5.95 Å². The molecule has 9 nitrogen and oxygen atoms in total. The Morgan fingerprint density at radius 3 is 2.44 bits per heavy atom. The molecule has 0 aliphatic carbocycles. The van der Waals surface area contributed by atoms with Crippen molar-refractivity contribution in [1.82, 2.24) is 25.5 Å². The Morgan fingerprint density at radius 2 is 1.81 bits per heavy atom. The van der Waals surface area contributed by atoms with Crippen molar-refractivity contribution in [1.29, 1.82) is 0 Å². The van der Waals surface area contributed by atoms with Gasteiger partial charge in [-0.25, -0.2) is 19.6 Å². The number of aryl methyl sites for hydroxylation is 1. The highest BCUT2D eigenvalue weighted by Gasteiger charge is 2.34. The van der Waals surface area contributed by atoms with Crippen LogP contribution < -0.4 is 15.5 Å². The average Bonchev–Trinajstić information content (AvgIpc) is 2.84. The molecule has 2 amide bonds. The van der Waals surface area contributed by atoms with Crippen LogP contribution in [0.25, 0.3) is 0 Å². The van der Waals surface area contributed by atoms with Gasteiger partial charge in [0.05, 0.1) is 18.7 Å². The third kappa shape index (κ3) is 4.72. The topological polar surface area (TPSA) is 99.7 Å². The minimum absolute atomic E-state index is 0.325. The van der Waals surface area contributed by atoms with Crippen molar-refractivity contribution in [3.05, 3.63) is 65.1 Å². The number of carbonyl (C=O) groups is 2. The van der Waals surface area contributed by atoms with Gasteiger partial charge < -0.3 is 20.3 Å². The van der Waals surface area contributed by atoms with Gasteiger partial charge in [-0.3, -0.25) is 4.90 Å². The highest BCUT2D eigenvalue weighted by molar-refractivity contribution is 5.95. The van der Waals surface area contributed by atoms with E-state index in [2.05, 4.69) is 37.3 Å². The Kier molecular flexibility index (Phi) is 6.65. The molecule has 0 unspecified atom stereocenters. The Morgan fingerprint density at radius 1 is 1.12 bits per heavy atom. The number of rotatable bonds is 6. The third-order valence-corrected chi connectivity index (χ3v) is 5.87. The number of aromatic nitrogens is 2. The molecule has 1 atom stereocenters. The van der Waals surface area contributed by atoms with Crippen molar-refractivity contribution >= 4 is 17.9 Å². The molecule has 1 fully saturated rings. The first-order valence-electron chi connectivity index (χ1n) is 10.8. The molecule has 3 heterocycles. The first-order valence-corrected chi connectivity index (χ1v) is 10.8. The van der Waals surface area contributed by atoms with Crippen molar-refractivity contribution in [3.63, 3.8) is 0 Å². The Hall–Kier alpha value is -3.46. The van der Waals surface area contributed by atoms with Gasteiger partial charge in [-0.1, -0.05) is 31.2 Å². The maximum Gasteiger partial charge on any atom is 0.338 e. The molecule has 168 valence electrons. The molecule has 4 rings (SSSR count). The van der Waals surface area contributed by atoms with Crippen molar-refractivity contribution in [3.8, 4) is 0 Å². The fourth-order valence-electron chi connectivity index (χ4n) is 4.07. The number of hydrogen-bond donors (Lipinski definition) is 2. The van der Waals surface area contributed by atoms with E-state index in [4.69, 9.17) is 4.74 Å². The lowest BCUT2D eigenvalue weighted by atomic mass is 9.94. The molecular formula is C23H28N6O3. The predicted molar refractivity (Wildman–Crippen MR) is 120 cm³/mol.